The number of aromatic amines is 1. The van der Waals surface area contributed by atoms with E-state index in [1.165, 1.54) is 13.3 Å². The summed E-state index contributed by atoms with van der Waals surface area (Å²) in [5, 5.41) is 0.312. The quantitative estimate of drug-likeness (QED) is 0.758. The summed E-state index contributed by atoms with van der Waals surface area (Å²) >= 11 is 3.33. The van der Waals surface area contributed by atoms with Gasteiger partial charge >= 0.3 is 5.69 Å². The number of benzene rings is 1. The van der Waals surface area contributed by atoms with Crippen LogP contribution in [-0.2, 0) is 0 Å². The molecule has 0 amide bonds. The van der Waals surface area contributed by atoms with Crippen LogP contribution in [0.3, 0.4) is 0 Å². The Morgan fingerprint density at radius 3 is 2.68 bits per heavy atom. The fourth-order valence-corrected chi connectivity index (χ4v) is 2.77. The molecule has 0 fully saturated rings. The number of methoxy groups -OCH3 is 1. The van der Waals surface area contributed by atoms with Gasteiger partial charge in [0.05, 0.1) is 24.5 Å². The van der Waals surface area contributed by atoms with Gasteiger partial charge in [0, 0.05) is 10.7 Å². The Morgan fingerprint density at radius 2 is 2.00 bits per heavy atom. The molecule has 1 aromatic carbocycles. The standard InChI is InChI=1S/C15H12BrN3O3/c1-8-3-10(7-17-6-8)19-14(20)13-11(18-15(19)21)4-9(16)5-12(13)22-2/h3-7H,1-2H3,(H,18,21). The van der Waals surface area contributed by atoms with Crippen molar-refractivity contribution in [2.24, 2.45) is 0 Å². The first-order valence-electron chi connectivity index (χ1n) is 6.46. The van der Waals surface area contributed by atoms with E-state index in [4.69, 9.17) is 4.74 Å². The molecule has 2 heterocycles. The topological polar surface area (TPSA) is 77.0 Å². The third-order valence-electron chi connectivity index (χ3n) is 3.27. The monoisotopic (exact) mass is 361 g/mol. The van der Waals surface area contributed by atoms with E-state index in [1.54, 1.807) is 24.4 Å². The van der Waals surface area contributed by atoms with Crippen LogP contribution >= 0.6 is 15.9 Å². The lowest BCUT2D eigenvalue weighted by Gasteiger charge is -2.10. The molecule has 0 saturated carbocycles. The Hall–Kier alpha value is -2.41. The number of nitrogens with one attached hydrogen (secondary N) is 1. The average molecular weight is 362 g/mol. The van der Waals surface area contributed by atoms with E-state index in [-0.39, 0.29) is 0 Å². The fraction of sp³-hybridized carbons (Fsp3) is 0.133. The molecule has 0 unspecified atom stereocenters. The van der Waals surface area contributed by atoms with Crippen LogP contribution in [0.25, 0.3) is 16.6 Å². The van der Waals surface area contributed by atoms with E-state index in [9.17, 15) is 9.59 Å². The van der Waals surface area contributed by atoms with Gasteiger partial charge in [-0.25, -0.2) is 9.36 Å². The van der Waals surface area contributed by atoms with E-state index < -0.39 is 11.2 Å². The largest absolute Gasteiger partial charge is 0.496 e. The van der Waals surface area contributed by atoms with Crippen LogP contribution in [0, 0.1) is 6.92 Å². The zero-order chi connectivity index (χ0) is 15.9. The van der Waals surface area contributed by atoms with E-state index in [0.29, 0.717) is 26.8 Å². The zero-order valence-corrected chi connectivity index (χ0v) is 13.5. The maximum atomic E-state index is 12.8. The predicted octanol–water partition coefficient (Wildman–Crippen LogP) is 2.15. The Bertz CT molecular complexity index is 991. The first kappa shape index (κ1) is 14.5. The molecule has 112 valence electrons. The summed E-state index contributed by atoms with van der Waals surface area (Å²) in [6.45, 7) is 1.84. The first-order chi connectivity index (χ1) is 10.5. The Labute approximate surface area is 133 Å². The second-order valence-electron chi connectivity index (χ2n) is 4.82. The Balaban J connectivity index is 2.45. The van der Waals surface area contributed by atoms with Crippen molar-refractivity contribution in [1.82, 2.24) is 14.5 Å². The van der Waals surface area contributed by atoms with Crippen molar-refractivity contribution in [2.45, 2.75) is 6.92 Å². The summed E-state index contributed by atoms with van der Waals surface area (Å²) in [7, 11) is 1.48. The van der Waals surface area contributed by atoms with Crippen molar-refractivity contribution >= 4 is 26.8 Å². The van der Waals surface area contributed by atoms with Crippen molar-refractivity contribution in [3.8, 4) is 11.4 Å². The zero-order valence-electron chi connectivity index (χ0n) is 11.9. The number of halogens is 1. The number of pyridine rings is 1. The summed E-state index contributed by atoms with van der Waals surface area (Å²) in [4.78, 5) is 31.8. The molecule has 22 heavy (non-hydrogen) atoms. The molecule has 0 bridgehead atoms. The minimum absolute atomic E-state index is 0.312. The van der Waals surface area contributed by atoms with Gasteiger partial charge in [0.15, 0.2) is 0 Å². The van der Waals surface area contributed by atoms with Gasteiger partial charge < -0.3 is 9.72 Å². The third kappa shape index (κ3) is 2.33. The van der Waals surface area contributed by atoms with Crippen molar-refractivity contribution in [3.63, 3.8) is 0 Å². The van der Waals surface area contributed by atoms with Crippen LogP contribution in [0.2, 0.25) is 0 Å². The van der Waals surface area contributed by atoms with Gasteiger partial charge in [-0.05, 0) is 30.7 Å². The SMILES string of the molecule is COc1cc(Br)cc2[nH]c(=O)n(-c3cncc(C)c3)c(=O)c12. The highest BCUT2D eigenvalue weighted by molar-refractivity contribution is 9.10. The number of hydrogen-bond acceptors (Lipinski definition) is 4. The summed E-state index contributed by atoms with van der Waals surface area (Å²) < 4.78 is 7.03. The second-order valence-corrected chi connectivity index (χ2v) is 5.74. The van der Waals surface area contributed by atoms with Gasteiger partial charge in [-0.1, -0.05) is 15.9 Å². The Morgan fingerprint density at radius 1 is 1.23 bits per heavy atom. The van der Waals surface area contributed by atoms with Gasteiger partial charge in [0.1, 0.15) is 11.1 Å². The van der Waals surface area contributed by atoms with Crippen molar-refractivity contribution in [2.75, 3.05) is 7.11 Å². The van der Waals surface area contributed by atoms with Crippen LogP contribution in [0.1, 0.15) is 5.56 Å². The van der Waals surface area contributed by atoms with Crippen LogP contribution in [-0.4, -0.2) is 21.6 Å². The molecule has 3 aromatic rings. The van der Waals surface area contributed by atoms with Crippen LogP contribution in [0.4, 0.5) is 0 Å². The van der Waals surface area contributed by atoms with E-state index in [1.807, 2.05) is 6.92 Å². The van der Waals surface area contributed by atoms with Gasteiger partial charge in [-0.2, -0.15) is 0 Å². The number of hydrogen-bond donors (Lipinski definition) is 1. The molecular weight excluding hydrogens is 350 g/mol. The minimum atomic E-state index is -0.523. The highest BCUT2D eigenvalue weighted by atomic mass is 79.9. The van der Waals surface area contributed by atoms with Gasteiger partial charge in [0.2, 0.25) is 0 Å². The molecule has 0 saturated heterocycles. The minimum Gasteiger partial charge on any atom is -0.496 e. The molecule has 0 spiro atoms. The normalized spacial score (nSPS) is 10.9. The number of aryl methyl sites for hydroxylation is 1. The number of nitrogens with zero attached hydrogens (tertiary/aromatic N) is 2. The van der Waals surface area contributed by atoms with E-state index >= 15 is 0 Å². The van der Waals surface area contributed by atoms with Gasteiger partial charge in [-0.3, -0.25) is 9.78 Å². The number of fused-ring (bicyclic) bond motifs is 1. The summed E-state index contributed by atoms with van der Waals surface area (Å²) in [5.41, 5.74) is 0.712. The predicted molar refractivity (Wildman–Crippen MR) is 86.9 cm³/mol. The molecule has 1 N–H and O–H groups in total. The number of H-pyrrole nitrogens is 1. The van der Waals surface area contributed by atoms with Crippen LogP contribution in [0.15, 0.2) is 44.7 Å². The van der Waals surface area contributed by atoms with Crippen molar-refractivity contribution in [3.05, 3.63) is 61.5 Å². The molecule has 0 radical (unpaired) electrons. The molecule has 6 nitrogen and oxygen atoms in total. The maximum Gasteiger partial charge on any atom is 0.333 e. The lowest BCUT2D eigenvalue weighted by molar-refractivity contribution is 0.419. The van der Waals surface area contributed by atoms with Crippen LogP contribution in [0.5, 0.6) is 5.75 Å². The number of rotatable bonds is 2. The number of ether oxygens (including phenoxy) is 1. The maximum absolute atomic E-state index is 12.8. The molecule has 7 heteroatoms. The van der Waals surface area contributed by atoms with Crippen LogP contribution < -0.4 is 16.0 Å². The molecular formula is C15H12BrN3O3. The highest BCUT2D eigenvalue weighted by Crippen LogP contribution is 2.26. The Kier molecular flexibility index (Phi) is 3.58. The molecule has 3 rings (SSSR count). The lowest BCUT2D eigenvalue weighted by Crippen LogP contribution is -2.33. The van der Waals surface area contributed by atoms with E-state index in [2.05, 4.69) is 25.9 Å². The molecule has 0 atom stereocenters. The summed E-state index contributed by atoms with van der Waals surface area (Å²) in [5.74, 6) is 0.389. The van der Waals surface area contributed by atoms with E-state index in [0.717, 1.165) is 10.1 Å². The fourth-order valence-electron chi connectivity index (χ4n) is 2.33. The average Bonchev–Trinajstić information content (AvgIpc) is 2.45. The molecule has 0 aliphatic carbocycles. The molecule has 0 aliphatic rings. The molecule has 0 aliphatic heterocycles. The lowest BCUT2D eigenvalue weighted by atomic mass is 10.2. The van der Waals surface area contributed by atoms with Gasteiger partial charge in [-0.15, -0.1) is 0 Å². The smallest absolute Gasteiger partial charge is 0.333 e. The summed E-state index contributed by atoms with van der Waals surface area (Å²) in [6.07, 6.45) is 3.13. The first-order valence-corrected chi connectivity index (χ1v) is 7.25. The highest BCUT2D eigenvalue weighted by Gasteiger charge is 2.14. The van der Waals surface area contributed by atoms with Gasteiger partial charge in [0.25, 0.3) is 5.56 Å². The van der Waals surface area contributed by atoms with Crippen molar-refractivity contribution < 1.29 is 4.74 Å². The number of aromatic nitrogens is 3. The second kappa shape index (κ2) is 5.42. The summed E-state index contributed by atoms with van der Waals surface area (Å²) in [6, 6.07) is 5.07. The van der Waals surface area contributed by atoms with Crippen molar-refractivity contribution in [1.29, 1.82) is 0 Å². The third-order valence-corrected chi connectivity index (χ3v) is 3.73. The molecule has 2 aromatic heterocycles.